The number of hydrogen-bond acceptors (Lipinski definition) is 4. The molecule has 0 radical (unpaired) electrons. The number of nitrogens with two attached hydrogens (primary N) is 1. The highest BCUT2D eigenvalue weighted by molar-refractivity contribution is 5.68. The number of hydrogen-bond donors (Lipinski definition) is 2. The molecule has 3 N–H and O–H groups in total. The molecule has 5 heteroatoms. The lowest BCUT2D eigenvalue weighted by Gasteiger charge is -2.21. The van der Waals surface area contributed by atoms with Crippen LogP contribution in [0.5, 0.6) is 0 Å². The molecule has 0 aromatic heterocycles. The summed E-state index contributed by atoms with van der Waals surface area (Å²) in [4.78, 5) is 12.7. The van der Waals surface area contributed by atoms with Crippen molar-refractivity contribution in [3.63, 3.8) is 0 Å². The molecule has 1 fully saturated rings. The van der Waals surface area contributed by atoms with Gasteiger partial charge in [0, 0.05) is 12.6 Å². The standard InChI is InChI=1S/C8H16N2O3/c1-6-3-8(9,5-11)4-10(6)7(12)13-2/h6,11H,3-5,9H2,1-2H3. The van der Waals surface area contributed by atoms with Crippen LogP contribution in [0.2, 0.25) is 0 Å². The number of nitrogens with zero attached hydrogens (tertiary/aromatic N) is 1. The van der Waals surface area contributed by atoms with E-state index >= 15 is 0 Å². The smallest absolute Gasteiger partial charge is 0.409 e. The van der Waals surface area contributed by atoms with Crippen LogP contribution in [0.25, 0.3) is 0 Å². The molecule has 0 aromatic rings. The number of aliphatic hydroxyl groups is 1. The molecule has 1 rings (SSSR count). The number of rotatable bonds is 1. The van der Waals surface area contributed by atoms with Gasteiger partial charge in [-0.25, -0.2) is 4.79 Å². The van der Waals surface area contributed by atoms with Gasteiger partial charge >= 0.3 is 6.09 Å². The van der Waals surface area contributed by atoms with E-state index in [4.69, 9.17) is 10.8 Å². The zero-order valence-corrected chi connectivity index (χ0v) is 7.99. The zero-order chi connectivity index (χ0) is 10.1. The molecule has 0 aromatic carbocycles. The first kappa shape index (κ1) is 10.3. The minimum Gasteiger partial charge on any atom is -0.453 e. The van der Waals surface area contributed by atoms with Crippen LogP contribution in [-0.2, 0) is 4.74 Å². The molecule has 1 amide bonds. The van der Waals surface area contributed by atoms with Crippen molar-refractivity contribution in [2.75, 3.05) is 20.3 Å². The lowest BCUT2D eigenvalue weighted by molar-refractivity contribution is 0.117. The van der Waals surface area contributed by atoms with E-state index in [-0.39, 0.29) is 18.7 Å². The van der Waals surface area contributed by atoms with Crippen LogP contribution in [0.3, 0.4) is 0 Å². The maximum absolute atomic E-state index is 11.2. The molecule has 13 heavy (non-hydrogen) atoms. The first-order valence-electron chi connectivity index (χ1n) is 4.27. The summed E-state index contributed by atoms with van der Waals surface area (Å²) in [6, 6.07) is 0.0320. The Bertz CT molecular complexity index is 210. The molecule has 76 valence electrons. The van der Waals surface area contributed by atoms with Crippen molar-refractivity contribution in [1.82, 2.24) is 4.90 Å². The predicted octanol–water partition coefficient (Wildman–Crippen LogP) is -0.463. The highest BCUT2D eigenvalue weighted by Crippen LogP contribution is 2.24. The Morgan fingerprint density at radius 2 is 2.46 bits per heavy atom. The van der Waals surface area contributed by atoms with Gasteiger partial charge in [-0.3, -0.25) is 0 Å². The lowest BCUT2D eigenvalue weighted by atomic mass is 9.99. The molecule has 0 saturated carbocycles. The van der Waals surface area contributed by atoms with Gasteiger partial charge in [-0.15, -0.1) is 0 Å². The molecule has 5 nitrogen and oxygen atoms in total. The van der Waals surface area contributed by atoms with E-state index in [1.165, 1.54) is 12.0 Å². The molecule has 1 saturated heterocycles. The van der Waals surface area contributed by atoms with E-state index in [2.05, 4.69) is 4.74 Å². The van der Waals surface area contributed by atoms with Crippen molar-refractivity contribution in [3.8, 4) is 0 Å². The fourth-order valence-corrected chi connectivity index (χ4v) is 1.73. The minimum atomic E-state index is -0.659. The Morgan fingerprint density at radius 1 is 1.85 bits per heavy atom. The molecule has 2 atom stereocenters. The largest absolute Gasteiger partial charge is 0.453 e. The minimum absolute atomic E-state index is 0.0320. The van der Waals surface area contributed by atoms with Gasteiger partial charge in [-0.05, 0) is 13.3 Å². The van der Waals surface area contributed by atoms with E-state index in [0.29, 0.717) is 13.0 Å². The van der Waals surface area contributed by atoms with Gasteiger partial charge < -0.3 is 20.5 Å². The third kappa shape index (κ3) is 1.92. The van der Waals surface area contributed by atoms with E-state index in [1.807, 2.05) is 6.92 Å². The first-order valence-corrected chi connectivity index (χ1v) is 4.27. The van der Waals surface area contributed by atoms with E-state index in [0.717, 1.165) is 0 Å². The average molecular weight is 188 g/mol. The average Bonchev–Trinajstić information content (AvgIpc) is 2.42. The Morgan fingerprint density at radius 3 is 2.85 bits per heavy atom. The summed E-state index contributed by atoms with van der Waals surface area (Å²) in [6.45, 7) is 2.14. The predicted molar refractivity (Wildman–Crippen MR) is 47.2 cm³/mol. The van der Waals surface area contributed by atoms with Gasteiger partial charge in [0.15, 0.2) is 0 Å². The quantitative estimate of drug-likeness (QED) is 0.583. The summed E-state index contributed by atoms with van der Waals surface area (Å²) in [6.07, 6.45) is 0.228. The van der Waals surface area contributed by atoms with E-state index in [9.17, 15) is 4.79 Å². The number of ether oxygens (including phenoxy) is 1. The molecule has 0 spiro atoms. The fourth-order valence-electron chi connectivity index (χ4n) is 1.73. The van der Waals surface area contributed by atoms with Crippen LogP contribution in [0.4, 0.5) is 4.79 Å². The maximum Gasteiger partial charge on any atom is 0.409 e. The molecular formula is C8H16N2O3. The zero-order valence-electron chi connectivity index (χ0n) is 7.99. The van der Waals surface area contributed by atoms with Crippen molar-refractivity contribution in [1.29, 1.82) is 0 Å². The number of likely N-dealkylation sites (tertiary alicyclic amines) is 1. The number of carbonyl (C=O) groups is 1. The molecule has 2 unspecified atom stereocenters. The van der Waals surface area contributed by atoms with Crippen LogP contribution >= 0.6 is 0 Å². The SMILES string of the molecule is COC(=O)N1CC(N)(CO)CC1C. The van der Waals surface area contributed by atoms with Crippen molar-refractivity contribution in [3.05, 3.63) is 0 Å². The molecule has 0 aliphatic carbocycles. The van der Waals surface area contributed by atoms with Crippen molar-refractivity contribution in [2.24, 2.45) is 5.73 Å². The lowest BCUT2D eigenvalue weighted by Crippen LogP contribution is -2.46. The van der Waals surface area contributed by atoms with Gasteiger partial charge in [0.25, 0.3) is 0 Å². The van der Waals surface area contributed by atoms with E-state index in [1.54, 1.807) is 0 Å². The fraction of sp³-hybridized carbons (Fsp3) is 0.875. The van der Waals surface area contributed by atoms with Gasteiger partial charge in [0.2, 0.25) is 0 Å². The highest BCUT2D eigenvalue weighted by atomic mass is 16.5. The molecule has 1 heterocycles. The summed E-state index contributed by atoms with van der Waals surface area (Å²) < 4.78 is 4.59. The summed E-state index contributed by atoms with van der Waals surface area (Å²) in [5.41, 5.74) is 5.17. The summed E-state index contributed by atoms with van der Waals surface area (Å²) in [5.74, 6) is 0. The monoisotopic (exact) mass is 188 g/mol. The Labute approximate surface area is 77.5 Å². The third-order valence-electron chi connectivity index (χ3n) is 2.44. The Balaban J connectivity index is 2.66. The molecule has 1 aliphatic heterocycles. The van der Waals surface area contributed by atoms with Gasteiger partial charge in [-0.2, -0.15) is 0 Å². The van der Waals surface area contributed by atoms with Crippen LogP contribution < -0.4 is 5.73 Å². The van der Waals surface area contributed by atoms with Crippen LogP contribution in [0, 0.1) is 0 Å². The Kier molecular flexibility index (Phi) is 2.77. The normalized spacial score (nSPS) is 33.5. The summed E-state index contributed by atoms with van der Waals surface area (Å²) in [5, 5.41) is 9.01. The number of methoxy groups -OCH3 is 1. The van der Waals surface area contributed by atoms with Gasteiger partial charge in [0.05, 0.1) is 19.3 Å². The summed E-state index contributed by atoms with van der Waals surface area (Å²) in [7, 11) is 1.34. The second-order valence-electron chi connectivity index (χ2n) is 3.67. The van der Waals surface area contributed by atoms with Crippen molar-refractivity contribution < 1.29 is 14.6 Å². The number of aliphatic hydroxyl groups excluding tert-OH is 1. The van der Waals surface area contributed by atoms with Crippen molar-refractivity contribution in [2.45, 2.75) is 24.9 Å². The van der Waals surface area contributed by atoms with Crippen LogP contribution in [0.15, 0.2) is 0 Å². The first-order chi connectivity index (χ1) is 6.02. The van der Waals surface area contributed by atoms with Gasteiger partial charge in [0.1, 0.15) is 0 Å². The Hall–Kier alpha value is -0.810. The van der Waals surface area contributed by atoms with E-state index < -0.39 is 5.54 Å². The number of carbonyl (C=O) groups excluding carboxylic acids is 1. The number of amides is 1. The summed E-state index contributed by atoms with van der Waals surface area (Å²) >= 11 is 0. The molecule has 0 bridgehead atoms. The molecule has 1 aliphatic rings. The highest BCUT2D eigenvalue weighted by Gasteiger charge is 2.41. The van der Waals surface area contributed by atoms with Crippen molar-refractivity contribution >= 4 is 6.09 Å². The maximum atomic E-state index is 11.2. The second kappa shape index (κ2) is 3.51. The molecular weight excluding hydrogens is 172 g/mol. The topological polar surface area (TPSA) is 75.8 Å². The second-order valence-corrected chi connectivity index (χ2v) is 3.67. The third-order valence-corrected chi connectivity index (χ3v) is 2.44. The van der Waals surface area contributed by atoms with Crippen LogP contribution in [-0.4, -0.2) is 47.9 Å². The van der Waals surface area contributed by atoms with Crippen LogP contribution in [0.1, 0.15) is 13.3 Å². The van der Waals surface area contributed by atoms with Gasteiger partial charge in [-0.1, -0.05) is 0 Å².